The van der Waals surface area contributed by atoms with Crippen molar-refractivity contribution in [3.05, 3.63) is 0 Å². The predicted octanol–water partition coefficient (Wildman–Crippen LogP) is 3.18. The minimum atomic E-state index is -2.44. The third-order valence-electron chi connectivity index (χ3n) is 2.74. The van der Waals surface area contributed by atoms with Gasteiger partial charge in [-0.25, -0.2) is 8.78 Å². The standard InChI is InChI=1S/C10H16F2O/c1-8(13)2-3-9-4-6-10(11,12)7-5-9/h9H,2-7H2,1H3. The second kappa shape index (κ2) is 4.16. The van der Waals surface area contributed by atoms with E-state index in [1.165, 1.54) is 0 Å². The molecule has 0 N–H and O–H groups in total. The molecule has 1 aliphatic rings. The highest BCUT2D eigenvalue weighted by molar-refractivity contribution is 5.75. The van der Waals surface area contributed by atoms with Gasteiger partial charge in [0.05, 0.1) is 0 Å². The monoisotopic (exact) mass is 190 g/mol. The molecule has 0 aromatic carbocycles. The topological polar surface area (TPSA) is 17.1 Å². The summed E-state index contributed by atoms with van der Waals surface area (Å²) in [6.07, 6.45) is 2.54. The molecular formula is C10H16F2O. The Labute approximate surface area is 77.5 Å². The van der Waals surface area contributed by atoms with Gasteiger partial charge in [-0.3, -0.25) is 0 Å². The highest BCUT2D eigenvalue weighted by atomic mass is 19.3. The lowest BCUT2D eigenvalue weighted by Crippen LogP contribution is -2.24. The van der Waals surface area contributed by atoms with Crippen molar-refractivity contribution in [2.45, 2.75) is 51.4 Å². The third-order valence-corrected chi connectivity index (χ3v) is 2.74. The lowest BCUT2D eigenvalue weighted by Gasteiger charge is -2.27. The molecule has 1 fully saturated rings. The van der Waals surface area contributed by atoms with Gasteiger partial charge < -0.3 is 4.79 Å². The van der Waals surface area contributed by atoms with Crippen molar-refractivity contribution < 1.29 is 13.6 Å². The first-order valence-corrected chi connectivity index (χ1v) is 4.87. The maximum Gasteiger partial charge on any atom is 0.248 e. The second-order valence-corrected chi connectivity index (χ2v) is 4.04. The zero-order valence-electron chi connectivity index (χ0n) is 7.98. The van der Waals surface area contributed by atoms with Crippen molar-refractivity contribution in [2.24, 2.45) is 5.92 Å². The number of ketones is 1. The van der Waals surface area contributed by atoms with Crippen molar-refractivity contribution >= 4 is 5.78 Å². The largest absolute Gasteiger partial charge is 0.300 e. The van der Waals surface area contributed by atoms with Gasteiger partial charge in [0.15, 0.2) is 0 Å². The van der Waals surface area contributed by atoms with E-state index in [-0.39, 0.29) is 18.6 Å². The van der Waals surface area contributed by atoms with Crippen LogP contribution in [-0.4, -0.2) is 11.7 Å². The molecule has 1 nitrogen and oxygen atoms in total. The van der Waals surface area contributed by atoms with Crippen LogP contribution < -0.4 is 0 Å². The van der Waals surface area contributed by atoms with Crippen LogP contribution in [0.3, 0.4) is 0 Å². The minimum Gasteiger partial charge on any atom is -0.300 e. The molecule has 0 bridgehead atoms. The van der Waals surface area contributed by atoms with E-state index in [0.29, 0.717) is 25.2 Å². The van der Waals surface area contributed by atoms with E-state index >= 15 is 0 Å². The van der Waals surface area contributed by atoms with Crippen LogP contribution in [0.4, 0.5) is 8.78 Å². The number of Topliss-reactive ketones (excluding diaryl/α,β-unsaturated/α-hetero) is 1. The minimum absolute atomic E-state index is 0.00950. The lowest BCUT2D eigenvalue weighted by molar-refractivity contribution is -0.117. The van der Waals surface area contributed by atoms with Gasteiger partial charge in [0.1, 0.15) is 5.78 Å². The van der Waals surface area contributed by atoms with Crippen molar-refractivity contribution in [3.8, 4) is 0 Å². The first-order valence-electron chi connectivity index (χ1n) is 4.87. The van der Waals surface area contributed by atoms with Crippen LogP contribution in [0.5, 0.6) is 0 Å². The number of halogens is 2. The molecule has 0 heterocycles. The number of alkyl halides is 2. The quantitative estimate of drug-likeness (QED) is 0.668. The SMILES string of the molecule is CC(=O)CCC1CCC(F)(F)CC1. The molecule has 0 aliphatic heterocycles. The van der Waals surface area contributed by atoms with Crippen LogP contribution in [0.15, 0.2) is 0 Å². The maximum atomic E-state index is 12.7. The van der Waals surface area contributed by atoms with Gasteiger partial charge in [0.25, 0.3) is 0 Å². The van der Waals surface area contributed by atoms with E-state index in [1.54, 1.807) is 6.92 Å². The van der Waals surface area contributed by atoms with Crippen LogP contribution in [0, 0.1) is 5.92 Å². The Kier molecular flexibility index (Phi) is 3.40. The smallest absolute Gasteiger partial charge is 0.248 e. The fourth-order valence-electron chi connectivity index (χ4n) is 1.80. The normalized spacial score (nSPS) is 23.0. The highest BCUT2D eigenvalue weighted by Crippen LogP contribution is 2.37. The van der Waals surface area contributed by atoms with Crippen LogP contribution in [-0.2, 0) is 4.79 Å². The summed E-state index contributed by atoms with van der Waals surface area (Å²) in [6.45, 7) is 1.55. The summed E-state index contributed by atoms with van der Waals surface area (Å²) in [5.74, 6) is -1.92. The molecule has 0 saturated heterocycles. The highest BCUT2D eigenvalue weighted by Gasteiger charge is 2.34. The molecule has 1 saturated carbocycles. The van der Waals surface area contributed by atoms with Gasteiger partial charge in [-0.15, -0.1) is 0 Å². The predicted molar refractivity (Wildman–Crippen MR) is 46.8 cm³/mol. The molecule has 0 unspecified atom stereocenters. The Balaban J connectivity index is 2.21. The molecule has 3 heteroatoms. The summed E-state index contributed by atoms with van der Waals surface area (Å²) in [6, 6.07) is 0. The van der Waals surface area contributed by atoms with Gasteiger partial charge in [-0.2, -0.15) is 0 Å². The van der Waals surface area contributed by atoms with E-state index < -0.39 is 5.92 Å². The van der Waals surface area contributed by atoms with E-state index in [4.69, 9.17) is 0 Å². The zero-order chi connectivity index (χ0) is 9.90. The Bertz CT molecular complexity index is 179. The molecule has 0 atom stereocenters. The van der Waals surface area contributed by atoms with Crippen molar-refractivity contribution in [1.82, 2.24) is 0 Å². The Morgan fingerprint density at radius 1 is 1.38 bits per heavy atom. The van der Waals surface area contributed by atoms with Crippen LogP contribution in [0.25, 0.3) is 0 Å². The van der Waals surface area contributed by atoms with Crippen LogP contribution in [0.2, 0.25) is 0 Å². The van der Waals surface area contributed by atoms with Gasteiger partial charge in [-0.05, 0) is 32.1 Å². The molecule has 1 aliphatic carbocycles. The summed E-state index contributed by atoms with van der Waals surface area (Å²) in [7, 11) is 0. The molecule has 0 radical (unpaired) electrons. The van der Waals surface area contributed by atoms with E-state index in [0.717, 1.165) is 6.42 Å². The summed E-state index contributed by atoms with van der Waals surface area (Å²) in [5, 5.41) is 0. The Hall–Kier alpha value is -0.470. The summed E-state index contributed by atoms with van der Waals surface area (Å²) in [5.41, 5.74) is 0. The van der Waals surface area contributed by atoms with Gasteiger partial charge >= 0.3 is 0 Å². The number of rotatable bonds is 3. The van der Waals surface area contributed by atoms with Gasteiger partial charge in [0.2, 0.25) is 5.92 Å². The summed E-state index contributed by atoms with van der Waals surface area (Å²) in [4.78, 5) is 10.7. The number of hydrogen-bond acceptors (Lipinski definition) is 1. The number of carbonyl (C=O) groups excluding carboxylic acids is 1. The number of hydrogen-bond donors (Lipinski definition) is 0. The average molecular weight is 190 g/mol. The van der Waals surface area contributed by atoms with Crippen LogP contribution in [0.1, 0.15) is 45.4 Å². The Morgan fingerprint density at radius 2 is 1.92 bits per heavy atom. The van der Waals surface area contributed by atoms with E-state index in [2.05, 4.69) is 0 Å². The van der Waals surface area contributed by atoms with Crippen molar-refractivity contribution in [2.75, 3.05) is 0 Å². The second-order valence-electron chi connectivity index (χ2n) is 4.04. The van der Waals surface area contributed by atoms with Gasteiger partial charge in [-0.1, -0.05) is 0 Å². The molecular weight excluding hydrogens is 174 g/mol. The summed E-state index contributed by atoms with van der Waals surface area (Å²) >= 11 is 0. The van der Waals surface area contributed by atoms with Crippen molar-refractivity contribution in [3.63, 3.8) is 0 Å². The molecule has 1 rings (SSSR count). The molecule has 0 spiro atoms. The molecule has 13 heavy (non-hydrogen) atoms. The van der Waals surface area contributed by atoms with Crippen LogP contribution >= 0.6 is 0 Å². The first kappa shape index (κ1) is 10.6. The van der Waals surface area contributed by atoms with E-state index in [1.807, 2.05) is 0 Å². The maximum absolute atomic E-state index is 12.7. The first-order chi connectivity index (χ1) is 5.99. The van der Waals surface area contributed by atoms with Gasteiger partial charge in [0, 0.05) is 19.3 Å². The summed E-state index contributed by atoms with van der Waals surface area (Å²) < 4.78 is 25.4. The van der Waals surface area contributed by atoms with Crippen molar-refractivity contribution in [1.29, 1.82) is 0 Å². The fourth-order valence-corrected chi connectivity index (χ4v) is 1.80. The zero-order valence-corrected chi connectivity index (χ0v) is 7.98. The molecule has 0 amide bonds. The Morgan fingerprint density at radius 3 is 2.38 bits per heavy atom. The molecule has 76 valence electrons. The van der Waals surface area contributed by atoms with E-state index in [9.17, 15) is 13.6 Å². The fraction of sp³-hybridized carbons (Fsp3) is 0.900. The third kappa shape index (κ3) is 3.83. The molecule has 0 aromatic heterocycles. The lowest BCUT2D eigenvalue weighted by atomic mass is 9.84. The average Bonchev–Trinajstić information content (AvgIpc) is 2.02. The number of carbonyl (C=O) groups is 1. The molecule has 0 aromatic rings.